The second-order valence-corrected chi connectivity index (χ2v) is 8.44. The molecule has 0 radical (unpaired) electrons. The molecule has 7 heteroatoms. The Hall–Kier alpha value is -3.76. The second kappa shape index (κ2) is 7.43. The quantitative estimate of drug-likeness (QED) is 0.379. The standard InChI is InChI=1S/C25H22N6O/c1-16-11-19(8-10-32-16)31-24(13-18-15-30-9-4-3-5-23(30)28-18)29-22-14-27-21-7-6-17(26-2)12-20(21)25(22)31/h3-7,9,12,14-16,19H,8,10-11,13H2,1H3/t16-,19-/m1/s1. The summed E-state index contributed by atoms with van der Waals surface area (Å²) in [5.41, 5.74) is 5.31. The fourth-order valence-electron chi connectivity index (χ4n) is 4.84. The summed E-state index contributed by atoms with van der Waals surface area (Å²) in [5, 5.41) is 0.976. The monoisotopic (exact) mass is 422 g/mol. The average molecular weight is 422 g/mol. The van der Waals surface area contributed by atoms with Gasteiger partial charge in [-0.05, 0) is 44.0 Å². The van der Waals surface area contributed by atoms with Crippen LogP contribution < -0.4 is 0 Å². The minimum atomic E-state index is 0.196. The van der Waals surface area contributed by atoms with E-state index in [0.29, 0.717) is 12.1 Å². The lowest BCUT2D eigenvalue weighted by Gasteiger charge is -2.30. The van der Waals surface area contributed by atoms with Crippen LogP contribution in [0.3, 0.4) is 0 Å². The highest BCUT2D eigenvalue weighted by atomic mass is 16.5. The van der Waals surface area contributed by atoms with E-state index < -0.39 is 0 Å². The number of fused-ring (bicyclic) bond motifs is 4. The fourth-order valence-corrected chi connectivity index (χ4v) is 4.84. The molecule has 0 aliphatic carbocycles. The largest absolute Gasteiger partial charge is 0.378 e. The molecule has 0 saturated carbocycles. The zero-order valence-electron chi connectivity index (χ0n) is 17.8. The molecule has 0 spiro atoms. The van der Waals surface area contributed by atoms with Gasteiger partial charge in [-0.3, -0.25) is 4.98 Å². The van der Waals surface area contributed by atoms with Crippen LogP contribution in [-0.4, -0.2) is 36.6 Å². The van der Waals surface area contributed by atoms with Crippen LogP contribution in [-0.2, 0) is 11.2 Å². The highest BCUT2D eigenvalue weighted by Crippen LogP contribution is 2.35. The maximum Gasteiger partial charge on any atom is 0.188 e. The van der Waals surface area contributed by atoms with Gasteiger partial charge in [-0.15, -0.1) is 0 Å². The van der Waals surface area contributed by atoms with E-state index in [9.17, 15) is 0 Å². The van der Waals surface area contributed by atoms with Crippen molar-refractivity contribution in [3.63, 3.8) is 0 Å². The molecule has 1 aliphatic heterocycles. The summed E-state index contributed by atoms with van der Waals surface area (Å²) in [4.78, 5) is 18.1. The van der Waals surface area contributed by atoms with Crippen LogP contribution in [0.25, 0.3) is 32.4 Å². The number of ether oxygens (including phenoxy) is 1. The maximum atomic E-state index is 7.46. The van der Waals surface area contributed by atoms with E-state index >= 15 is 0 Å². The number of hydrogen-bond acceptors (Lipinski definition) is 4. The topological polar surface area (TPSA) is 61.6 Å². The summed E-state index contributed by atoms with van der Waals surface area (Å²) in [7, 11) is 0. The lowest BCUT2D eigenvalue weighted by Crippen LogP contribution is -2.26. The van der Waals surface area contributed by atoms with E-state index in [1.165, 1.54) is 0 Å². The molecule has 7 nitrogen and oxygen atoms in total. The van der Waals surface area contributed by atoms with Crippen LogP contribution in [0, 0.1) is 6.57 Å². The molecule has 1 fully saturated rings. The molecule has 4 aromatic heterocycles. The van der Waals surface area contributed by atoms with Gasteiger partial charge < -0.3 is 13.7 Å². The molecule has 1 aromatic carbocycles. The number of nitrogens with zero attached hydrogens (tertiary/aromatic N) is 6. The molecule has 5 heterocycles. The van der Waals surface area contributed by atoms with Crippen molar-refractivity contribution in [2.75, 3.05) is 6.61 Å². The Balaban J connectivity index is 1.57. The first-order valence-electron chi connectivity index (χ1n) is 10.9. The lowest BCUT2D eigenvalue weighted by molar-refractivity contribution is 0.00631. The first-order valence-corrected chi connectivity index (χ1v) is 10.9. The molecule has 32 heavy (non-hydrogen) atoms. The molecule has 158 valence electrons. The van der Waals surface area contributed by atoms with Gasteiger partial charge in [0.25, 0.3) is 0 Å². The number of imidazole rings is 2. The number of benzene rings is 1. The van der Waals surface area contributed by atoms with Gasteiger partial charge in [0.1, 0.15) is 17.0 Å². The third-order valence-electron chi connectivity index (χ3n) is 6.28. The van der Waals surface area contributed by atoms with E-state index in [4.69, 9.17) is 21.3 Å². The van der Waals surface area contributed by atoms with Gasteiger partial charge in [-0.2, -0.15) is 0 Å². The highest BCUT2D eigenvalue weighted by molar-refractivity contribution is 6.03. The Morgan fingerprint density at radius 3 is 2.97 bits per heavy atom. The van der Waals surface area contributed by atoms with Gasteiger partial charge >= 0.3 is 0 Å². The van der Waals surface area contributed by atoms with Crippen molar-refractivity contribution >= 4 is 33.3 Å². The first kappa shape index (κ1) is 19.0. The summed E-state index contributed by atoms with van der Waals surface area (Å²) in [6.45, 7) is 10.3. The minimum Gasteiger partial charge on any atom is -0.378 e. The second-order valence-electron chi connectivity index (χ2n) is 8.44. The van der Waals surface area contributed by atoms with Gasteiger partial charge in [-0.1, -0.05) is 12.1 Å². The van der Waals surface area contributed by atoms with E-state index in [-0.39, 0.29) is 12.1 Å². The number of pyridine rings is 2. The van der Waals surface area contributed by atoms with Crippen molar-refractivity contribution in [1.82, 2.24) is 23.9 Å². The molecule has 0 amide bonds. The molecular weight excluding hydrogens is 400 g/mol. The smallest absolute Gasteiger partial charge is 0.188 e. The number of rotatable bonds is 3. The molecule has 0 bridgehead atoms. The molecule has 1 aliphatic rings. The molecular formula is C25H22N6O. The van der Waals surface area contributed by atoms with Crippen molar-refractivity contribution in [2.24, 2.45) is 0 Å². The third kappa shape index (κ3) is 3.12. The van der Waals surface area contributed by atoms with Gasteiger partial charge in [-0.25, -0.2) is 14.8 Å². The summed E-state index contributed by atoms with van der Waals surface area (Å²) in [5.74, 6) is 0.977. The SMILES string of the molecule is [C-]#[N+]c1ccc2ncc3nc(Cc4cn5ccccc5n4)n([C@@H]4CCO[C@H](C)C4)c3c2c1. The minimum absolute atomic E-state index is 0.196. The van der Waals surface area contributed by atoms with E-state index in [1.54, 1.807) is 0 Å². The predicted octanol–water partition coefficient (Wildman–Crippen LogP) is 5.11. The summed E-state index contributed by atoms with van der Waals surface area (Å²) in [6.07, 6.45) is 8.61. The molecule has 5 aromatic rings. The van der Waals surface area contributed by atoms with Gasteiger partial charge in [0, 0.05) is 36.8 Å². The first-order chi connectivity index (χ1) is 15.7. The van der Waals surface area contributed by atoms with Crippen LogP contribution in [0.2, 0.25) is 0 Å². The van der Waals surface area contributed by atoms with E-state index in [0.717, 1.165) is 58.6 Å². The Bertz CT molecular complexity index is 1480. The number of hydrogen-bond donors (Lipinski definition) is 0. The van der Waals surface area contributed by atoms with Crippen molar-refractivity contribution in [1.29, 1.82) is 0 Å². The molecule has 0 unspecified atom stereocenters. The van der Waals surface area contributed by atoms with Gasteiger partial charge in [0.15, 0.2) is 5.69 Å². The van der Waals surface area contributed by atoms with Crippen molar-refractivity contribution in [3.8, 4) is 0 Å². The Morgan fingerprint density at radius 1 is 1.19 bits per heavy atom. The third-order valence-corrected chi connectivity index (χ3v) is 6.28. The normalized spacial score (nSPS) is 19.0. The van der Waals surface area contributed by atoms with Crippen LogP contribution in [0.1, 0.15) is 37.3 Å². The summed E-state index contributed by atoms with van der Waals surface area (Å²) in [6, 6.07) is 12.0. The van der Waals surface area contributed by atoms with Crippen LogP contribution >= 0.6 is 0 Å². The summed E-state index contributed by atoms with van der Waals surface area (Å²) >= 11 is 0. The molecule has 6 rings (SSSR count). The highest BCUT2D eigenvalue weighted by Gasteiger charge is 2.26. The molecule has 1 saturated heterocycles. The van der Waals surface area contributed by atoms with Crippen LogP contribution in [0.5, 0.6) is 0 Å². The Morgan fingerprint density at radius 2 is 2.12 bits per heavy atom. The van der Waals surface area contributed by atoms with Crippen LogP contribution in [0.4, 0.5) is 5.69 Å². The zero-order chi connectivity index (χ0) is 21.7. The van der Waals surface area contributed by atoms with Crippen molar-refractivity contribution in [2.45, 2.75) is 38.3 Å². The number of aromatic nitrogens is 5. The average Bonchev–Trinajstić information content (AvgIpc) is 3.39. The van der Waals surface area contributed by atoms with Crippen molar-refractivity contribution < 1.29 is 4.74 Å². The maximum absolute atomic E-state index is 7.46. The van der Waals surface area contributed by atoms with Gasteiger partial charge in [0.05, 0.1) is 35.6 Å². The Kier molecular flexibility index (Phi) is 4.40. The predicted molar refractivity (Wildman–Crippen MR) is 123 cm³/mol. The molecule has 0 N–H and O–H groups in total. The Labute approximate surface area is 185 Å². The zero-order valence-corrected chi connectivity index (χ0v) is 17.8. The van der Waals surface area contributed by atoms with Crippen LogP contribution in [0.15, 0.2) is 55.0 Å². The lowest BCUT2D eigenvalue weighted by atomic mass is 10.0. The van der Waals surface area contributed by atoms with Gasteiger partial charge in [0.2, 0.25) is 0 Å². The van der Waals surface area contributed by atoms with E-state index in [1.807, 2.05) is 53.2 Å². The molecule has 2 atom stereocenters. The summed E-state index contributed by atoms with van der Waals surface area (Å²) < 4.78 is 10.2. The van der Waals surface area contributed by atoms with Crippen molar-refractivity contribution in [3.05, 3.63) is 77.9 Å². The fraction of sp³-hybridized carbons (Fsp3) is 0.280. The van der Waals surface area contributed by atoms with E-state index in [2.05, 4.69) is 27.5 Å².